The van der Waals surface area contributed by atoms with E-state index < -0.39 is 5.97 Å². The molecule has 0 spiro atoms. The molecule has 0 aliphatic heterocycles. The standard InChI is InChI=1S/C7H13NO2/c1-4-5-8(2,3)6-7(9)10/h4H,1,5-6H2,2-3H3/p+1. The molecule has 0 radical (unpaired) electrons. The number of hydrogen-bond acceptors (Lipinski definition) is 1. The zero-order valence-corrected chi connectivity index (χ0v) is 6.50. The highest BCUT2D eigenvalue weighted by Gasteiger charge is 2.16. The summed E-state index contributed by atoms with van der Waals surface area (Å²) in [6, 6.07) is 0. The fourth-order valence-corrected chi connectivity index (χ4v) is 0.780. The number of hydrogen-bond donors (Lipinski definition) is 1. The van der Waals surface area contributed by atoms with Gasteiger partial charge in [-0.1, -0.05) is 6.58 Å². The van der Waals surface area contributed by atoms with Crippen LogP contribution in [0.2, 0.25) is 0 Å². The summed E-state index contributed by atoms with van der Waals surface area (Å²) in [5.74, 6) is -0.771. The normalized spacial score (nSPS) is 11.0. The molecule has 0 heterocycles. The quantitative estimate of drug-likeness (QED) is 0.456. The van der Waals surface area contributed by atoms with Crippen LogP contribution in [0.5, 0.6) is 0 Å². The Hall–Kier alpha value is -0.830. The van der Waals surface area contributed by atoms with Crippen molar-refractivity contribution in [1.29, 1.82) is 0 Å². The molecule has 0 aliphatic rings. The number of aliphatic carboxylic acids is 1. The molecule has 0 atom stereocenters. The number of likely N-dealkylation sites (N-methyl/N-ethyl adjacent to an activating group) is 1. The summed E-state index contributed by atoms with van der Waals surface area (Å²) in [6.07, 6.45) is 1.73. The minimum Gasteiger partial charge on any atom is -0.477 e. The van der Waals surface area contributed by atoms with Gasteiger partial charge in [0, 0.05) is 0 Å². The number of nitrogens with zero attached hydrogens (tertiary/aromatic N) is 1. The molecule has 0 aliphatic carbocycles. The van der Waals surface area contributed by atoms with Gasteiger partial charge in [0.05, 0.1) is 20.6 Å². The lowest BCUT2D eigenvalue weighted by Crippen LogP contribution is -2.43. The molecule has 0 saturated carbocycles. The van der Waals surface area contributed by atoms with E-state index in [4.69, 9.17) is 5.11 Å². The van der Waals surface area contributed by atoms with Gasteiger partial charge >= 0.3 is 5.97 Å². The average Bonchev–Trinajstić information content (AvgIpc) is 1.59. The Morgan fingerprint density at radius 3 is 2.50 bits per heavy atom. The van der Waals surface area contributed by atoms with Gasteiger partial charge in [0.25, 0.3) is 0 Å². The van der Waals surface area contributed by atoms with Gasteiger partial charge < -0.3 is 9.59 Å². The first-order chi connectivity index (χ1) is 4.48. The Bertz CT molecular complexity index is 141. The van der Waals surface area contributed by atoms with Crippen molar-refractivity contribution >= 4 is 5.97 Å². The minimum atomic E-state index is -0.771. The highest BCUT2D eigenvalue weighted by Crippen LogP contribution is 1.94. The Morgan fingerprint density at radius 1 is 1.70 bits per heavy atom. The second-order valence-electron chi connectivity index (χ2n) is 2.96. The van der Waals surface area contributed by atoms with E-state index in [9.17, 15) is 4.79 Å². The molecule has 0 amide bonds. The lowest BCUT2D eigenvalue weighted by atomic mass is 10.4. The fraction of sp³-hybridized carbons (Fsp3) is 0.571. The zero-order valence-electron chi connectivity index (χ0n) is 6.50. The summed E-state index contributed by atoms with van der Waals surface area (Å²) >= 11 is 0. The smallest absolute Gasteiger partial charge is 0.359 e. The molecule has 58 valence electrons. The fourth-order valence-electron chi connectivity index (χ4n) is 0.780. The van der Waals surface area contributed by atoms with Crippen LogP contribution in [0.4, 0.5) is 0 Å². The third-order valence-electron chi connectivity index (χ3n) is 1.19. The monoisotopic (exact) mass is 144 g/mol. The third kappa shape index (κ3) is 4.09. The van der Waals surface area contributed by atoms with E-state index in [1.165, 1.54) is 0 Å². The van der Waals surface area contributed by atoms with Crippen molar-refractivity contribution in [1.82, 2.24) is 0 Å². The molecule has 3 nitrogen and oxygen atoms in total. The molecular weight excluding hydrogens is 130 g/mol. The third-order valence-corrected chi connectivity index (χ3v) is 1.19. The molecule has 0 aromatic carbocycles. The molecule has 3 heteroatoms. The van der Waals surface area contributed by atoms with E-state index in [-0.39, 0.29) is 6.54 Å². The lowest BCUT2D eigenvalue weighted by molar-refractivity contribution is -0.877. The van der Waals surface area contributed by atoms with Gasteiger partial charge in [0.2, 0.25) is 0 Å². The molecule has 0 aromatic heterocycles. The second-order valence-corrected chi connectivity index (χ2v) is 2.96. The highest BCUT2D eigenvalue weighted by molar-refractivity contribution is 5.67. The van der Waals surface area contributed by atoms with Gasteiger partial charge in [0.1, 0.15) is 0 Å². The Kier molecular flexibility index (Phi) is 3.09. The van der Waals surface area contributed by atoms with E-state index in [1.807, 2.05) is 14.1 Å². The zero-order chi connectivity index (χ0) is 8.20. The molecule has 0 bridgehead atoms. The Balaban J connectivity index is 3.85. The Labute approximate surface area is 61.2 Å². The van der Waals surface area contributed by atoms with Crippen LogP contribution in [0.25, 0.3) is 0 Å². The molecule has 0 aromatic rings. The van der Waals surface area contributed by atoms with E-state index in [0.717, 1.165) is 0 Å². The van der Waals surface area contributed by atoms with E-state index >= 15 is 0 Å². The maximum Gasteiger partial charge on any atom is 0.359 e. The highest BCUT2D eigenvalue weighted by atomic mass is 16.4. The van der Waals surface area contributed by atoms with Gasteiger partial charge in [0.15, 0.2) is 6.54 Å². The maximum absolute atomic E-state index is 10.2. The molecule has 10 heavy (non-hydrogen) atoms. The van der Waals surface area contributed by atoms with Crippen molar-refractivity contribution in [2.24, 2.45) is 0 Å². The van der Waals surface area contributed by atoms with Gasteiger partial charge in [-0.3, -0.25) is 0 Å². The van der Waals surface area contributed by atoms with Crippen LogP contribution < -0.4 is 0 Å². The van der Waals surface area contributed by atoms with Crippen LogP contribution >= 0.6 is 0 Å². The van der Waals surface area contributed by atoms with Crippen LogP contribution in [-0.2, 0) is 4.79 Å². The van der Waals surface area contributed by atoms with E-state index in [0.29, 0.717) is 11.0 Å². The first kappa shape index (κ1) is 9.17. The minimum absolute atomic E-state index is 0.145. The molecular formula is C7H14NO2+. The van der Waals surface area contributed by atoms with Crippen LogP contribution in [0.1, 0.15) is 0 Å². The van der Waals surface area contributed by atoms with Crippen LogP contribution in [0, 0.1) is 0 Å². The lowest BCUT2D eigenvalue weighted by Gasteiger charge is -2.25. The summed E-state index contributed by atoms with van der Waals surface area (Å²) < 4.78 is 0.457. The summed E-state index contributed by atoms with van der Waals surface area (Å²) in [5, 5.41) is 8.43. The first-order valence-electron chi connectivity index (χ1n) is 3.12. The van der Waals surface area contributed by atoms with E-state index in [2.05, 4.69) is 6.58 Å². The average molecular weight is 144 g/mol. The van der Waals surface area contributed by atoms with Crippen molar-refractivity contribution in [2.45, 2.75) is 0 Å². The van der Waals surface area contributed by atoms with Crippen molar-refractivity contribution in [2.75, 3.05) is 27.2 Å². The number of carboxylic acid groups (broad SMARTS) is 1. The number of quaternary nitrogens is 1. The molecule has 0 unspecified atom stereocenters. The maximum atomic E-state index is 10.2. The molecule has 0 fully saturated rings. The number of carboxylic acids is 1. The van der Waals surface area contributed by atoms with Gasteiger partial charge in [-0.25, -0.2) is 4.79 Å². The first-order valence-corrected chi connectivity index (χ1v) is 3.12. The van der Waals surface area contributed by atoms with Gasteiger partial charge in [-0.05, 0) is 6.08 Å². The van der Waals surface area contributed by atoms with E-state index in [1.54, 1.807) is 6.08 Å². The topological polar surface area (TPSA) is 37.3 Å². The predicted molar refractivity (Wildman–Crippen MR) is 39.7 cm³/mol. The van der Waals surface area contributed by atoms with Crippen LogP contribution in [0.3, 0.4) is 0 Å². The van der Waals surface area contributed by atoms with Crippen LogP contribution in [-0.4, -0.2) is 42.7 Å². The predicted octanol–water partition coefficient (Wildman–Crippen LogP) is 0.333. The summed E-state index contributed by atoms with van der Waals surface area (Å²) in [7, 11) is 3.71. The van der Waals surface area contributed by atoms with Crippen molar-refractivity contribution in [3.8, 4) is 0 Å². The van der Waals surface area contributed by atoms with Gasteiger partial charge in [-0.15, -0.1) is 0 Å². The van der Waals surface area contributed by atoms with Gasteiger partial charge in [-0.2, -0.15) is 0 Å². The van der Waals surface area contributed by atoms with Crippen molar-refractivity contribution in [3.05, 3.63) is 12.7 Å². The molecule has 0 rings (SSSR count). The molecule has 0 saturated heterocycles. The number of carbonyl (C=O) groups is 1. The number of rotatable bonds is 4. The molecule has 1 N–H and O–H groups in total. The summed E-state index contributed by atoms with van der Waals surface area (Å²) in [4.78, 5) is 10.2. The Morgan fingerprint density at radius 2 is 2.20 bits per heavy atom. The van der Waals surface area contributed by atoms with Crippen molar-refractivity contribution in [3.63, 3.8) is 0 Å². The van der Waals surface area contributed by atoms with Crippen molar-refractivity contribution < 1.29 is 14.4 Å². The van der Waals surface area contributed by atoms with Crippen LogP contribution in [0.15, 0.2) is 12.7 Å². The summed E-state index contributed by atoms with van der Waals surface area (Å²) in [6.45, 7) is 4.38. The SMILES string of the molecule is C=CC[N+](C)(C)CC(=O)O. The second kappa shape index (κ2) is 3.37. The summed E-state index contributed by atoms with van der Waals surface area (Å²) in [5.41, 5.74) is 0. The largest absolute Gasteiger partial charge is 0.477 e.